The second kappa shape index (κ2) is 7.95. The van der Waals surface area contributed by atoms with E-state index in [-0.39, 0.29) is 11.9 Å². The molecule has 1 saturated heterocycles. The van der Waals surface area contributed by atoms with Gasteiger partial charge in [0.25, 0.3) is 5.91 Å². The van der Waals surface area contributed by atoms with Crippen molar-refractivity contribution in [3.63, 3.8) is 0 Å². The molecule has 1 atom stereocenters. The molecule has 1 aromatic heterocycles. The molecular formula is C20H25N3O. The largest absolute Gasteiger partial charge is 0.370 e. The number of aromatic nitrogens is 1. The number of carbonyl (C=O) groups excluding carboxylic acids is 1. The second-order valence-electron chi connectivity index (χ2n) is 6.24. The Morgan fingerprint density at radius 2 is 2.08 bits per heavy atom. The summed E-state index contributed by atoms with van der Waals surface area (Å²) < 4.78 is 0. The number of nitrogens with zero attached hydrogens (tertiary/aromatic N) is 2. The van der Waals surface area contributed by atoms with E-state index >= 15 is 0 Å². The number of hydrogen-bond donors (Lipinski definition) is 1. The van der Waals surface area contributed by atoms with Crippen molar-refractivity contribution in [2.24, 2.45) is 0 Å². The summed E-state index contributed by atoms with van der Waals surface area (Å²) in [5, 5.41) is 3.44. The Hall–Kier alpha value is -2.36. The smallest absolute Gasteiger partial charge is 0.254 e. The monoisotopic (exact) mass is 323 g/mol. The zero-order chi connectivity index (χ0) is 16.8. The summed E-state index contributed by atoms with van der Waals surface area (Å²) in [7, 11) is 0. The van der Waals surface area contributed by atoms with Crippen molar-refractivity contribution in [1.82, 2.24) is 9.88 Å². The maximum absolute atomic E-state index is 12.9. The van der Waals surface area contributed by atoms with Crippen LogP contribution in [0.25, 0.3) is 0 Å². The van der Waals surface area contributed by atoms with Gasteiger partial charge in [-0.15, -0.1) is 0 Å². The maximum atomic E-state index is 12.9. The third-order valence-electron chi connectivity index (χ3n) is 4.56. The first-order valence-electron chi connectivity index (χ1n) is 8.86. The van der Waals surface area contributed by atoms with Crippen molar-refractivity contribution in [3.05, 3.63) is 59.8 Å². The molecule has 3 rings (SSSR count). The number of pyridine rings is 1. The van der Waals surface area contributed by atoms with Crippen LogP contribution in [0.4, 0.5) is 5.82 Å². The Balaban J connectivity index is 1.82. The van der Waals surface area contributed by atoms with Crippen LogP contribution in [0.15, 0.2) is 48.7 Å². The molecular weight excluding hydrogens is 298 g/mol. The van der Waals surface area contributed by atoms with E-state index in [4.69, 9.17) is 0 Å². The fourth-order valence-electron chi connectivity index (χ4n) is 3.30. The van der Waals surface area contributed by atoms with Gasteiger partial charge in [0.1, 0.15) is 5.82 Å². The van der Waals surface area contributed by atoms with Gasteiger partial charge in [0.05, 0.1) is 6.04 Å². The van der Waals surface area contributed by atoms with Crippen molar-refractivity contribution in [2.75, 3.05) is 18.4 Å². The number of hydrogen-bond acceptors (Lipinski definition) is 3. The highest BCUT2D eigenvalue weighted by Crippen LogP contribution is 2.36. The molecule has 2 aromatic rings. The molecule has 1 fully saturated rings. The fraction of sp³-hybridized carbons (Fsp3) is 0.400. The number of unbranched alkanes of at least 4 members (excludes halogenated alkanes) is 1. The SMILES string of the molecule is CCCCNc1ncccc1[C@H]1CCCN1C(=O)c1ccccc1. The molecule has 24 heavy (non-hydrogen) atoms. The zero-order valence-electron chi connectivity index (χ0n) is 14.2. The van der Waals surface area contributed by atoms with Gasteiger partial charge >= 0.3 is 0 Å². The van der Waals surface area contributed by atoms with Crippen LogP contribution in [0, 0.1) is 0 Å². The molecule has 0 bridgehead atoms. The zero-order valence-corrected chi connectivity index (χ0v) is 14.2. The molecule has 0 aliphatic carbocycles. The van der Waals surface area contributed by atoms with Crippen molar-refractivity contribution in [2.45, 2.75) is 38.6 Å². The van der Waals surface area contributed by atoms with Crippen LogP contribution in [-0.2, 0) is 0 Å². The lowest BCUT2D eigenvalue weighted by molar-refractivity contribution is 0.0736. The average molecular weight is 323 g/mol. The van der Waals surface area contributed by atoms with Gasteiger partial charge in [0, 0.05) is 30.4 Å². The summed E-state index contributed by atoms with van der Waals surface area (Å²) in [5.74, 6) is 1.03. The number of likely N-dealkylation sites (tertiary alicyclic amines) is 1. The minimum Gasteiger partial charge on any atom is -0.370 e. The molecule has 0 saturated carbocycles. The molecule has 4 nitrogen and oxygen atoms in total. The van der Waals surface area contributed by atoms with Crippen LogP contribution in [0.2, 0.25) is 0 Å². The summed E-state index contributed by atoms with van der Waals surface area (Å²) in [6.45, 7) is 3.90. The molecule has 1 N–H and O–H groups in total. The molecule has 2 heterocycles. The van der Waals surface area contributed by atoms with Gasteiger partial charge in [-0.05, 0) is 37.5 Å². The van der Waals surface area contributed by atoms with Crippen LogP contribution in [0.3, 0.4) is 0 Å². The van der Waals surface area contributed by atoms with Gasteiger partial charge in [-0.3, -0.25) is 4.79 Å². The molecule has 126 valence electrons. The first kappa shape index (κ1) is 16.5. The van der Waals surface area contributed by atoms with Gasteiger partial charge in [0.2, 0.25) is 0 Å². The minimum absolute atomic E-state index is 0.107. The van der Waals surface area contributed by atoms with E-state index in [0.717, 1.165) is 55.7 Å². The number of rotatable bonds is 6. The minimum atomic E-state index is 0.107. The third kappa shape index (κ3) is 3.58. The Kier molecular flexibility index (Phi) is 5.47. The normalized spacial score (nSPS) is 17.0. The highest BCUT2D eigenvalue weighted by Gasteiger charge is 2.32. The number of carbonyl (C=O) groups is 1. The molecule has 0 radical (unpaired) electrons. The first-order valence-corrected chi connectivity index (χ1v) is 8.86. The summed E-state index contributed by atoms with van der Waals surface area (Å²) >= 11 is 0. The van der Waals surface area contributed by atoms with E-state index in [2.05, 4.69) is 23.3 Å². The Morgan fingerprint density at radius 3 is 2.88 bits per heavy atom. The molecule has 1 amide bonds. The van der Waals surface area contributed by atoms with Crippen molar-refractivity contribution in [3.8, 4) is 0 Å². The standard InChI is InChI=1S/C20H25N3O/c1-2-3-13-21-19-17(11-7-14-22-19)18-12-8-15-23(18)20(24)16-9-5-4-6-10-16/h4-7,9-11,14,18H,2-3,8,12-13,15H2,1H3,(H,21,22)/t18-/m1/s1. The molecule has 0 unspecified atom stereocenters. The second-order valence-corrected chi connectivity index (χ2v) is 6.24. The number of anilines is 1. The highest BCUT2D eigenvalue weighted by molar-refractivity contribution is 5.94. The Morgan fingerprint density at radius 1 is 1.25 bits per heavy atom. The summed E-state index contributed by atoms with van der Waals surface area (Å²) in [4.78, 5) is 19.4. The van der Waals surface area contributed by atoms with Gasteiger partial charge in [-0.2, -0.15) is 0 Å². The van der Waals surface area contributed by atoms with Crippen LogP contribution in [0.1, 0.15) is 54.6 Å². The summed E-state index contributed by atoms with van der Waals surface area (Å²) in [6.07, 6.45) is 6.11. The quantitative estimate of drug-likeness (QED) is 0.807. The highest BCUT2D eigenvalue weighted by atomic mass is 16.2. The predicted octanol–water partition coefficient (Wildman–Crippen LogP) is 4.27. The predicted molar refractivity (Wildman–Crippen MR) is 97.1 cm³/mol. The van der Waals surface area contributed by atoms with Gasteiger partial charge in [-0.1, -0.05) is 37.6 Å². The first-order chi connectivity index (χ1) is 11.8. The Bertz CT molecular complexity index is 672. The van der Waals surface area contributed by atoms with E-state index in [1.54, 1.807) is 0 Å². The molecule has 1 aliphatic rings. The number of benzene rings is 1. The van der Waals surface area contributed by atoms with Crippen molar-refractivity contribution in [1.29, 1.82) is 0 Å². The Labute approximate surface area is 143 Å². The lowest BCUT2D eigenvalue weighted by atomic mass is 10.0. The van der Waals surface area contributed by atoms with E-state index in [9.17, 15) is 4.79 Å². The van der Waals surface area contributed by atoms with E-state index < -0.39 is 0 Å². The maximum Gasteiger partial charge on any atom is 0.254 e. The van der Waals surface area contributed by atoms with Gasteiger partial charge < -0.3 is 10.2 Å². The van der Waals surface area contributed by atoms with Crippen molar-refractivity contribution < 1.29 is 4.79 Å². The van der Waals surface area contributed by atoms with Crippen LogP contribution in [0.5, 0.6) is 0 Å². The van der Waals surface area contributed by atoms with Crippen LogP contribution < -0.4 is 5.32 Å². The number of amides is 1. The number of nitrogens with one attached hydrogen (secondary N) is 1. The summed E-state index contributed by atoms with van der Waals surface area (Å²) in [5.41, 5.74) is 1.89. The lowest BCUT2D eigenvalue weighted by Gasteiger charge is -2.26. The van der Waals surface area contributed by atoms with E-state index in [1.165, 1.54) is 0 Å². The molecule has 0 spiro atoms. The van der Waals surface area contributed by atoms with Crippen LogP contribution in [-0.4, -0.2) is 28.9 Å². The fourth-order valence-corrected chi connectivity index (χ4v) is 3.30. The van der Waals surface area contributed by atoms with E-state index in [0.29, 0.717) is 0 Å². The summed E-state index contributed by atoms with van der Waals surface area (Å²) in [6, 6.07) is 13.7. The van der Waals surface area contributed by atoms with Crippen LogP contribution >= 0.6 is 0 Å². The molecule has 1 aromatic carbocycles. The van der Waals surface area contributed by atoms with Crippen molar-refractivity contribution >= 4 is 11.7 Å². The molecule has 1 aliphatic heterocycles. The van der Waals surface area contributed by atoms with E-state index in [1.807, 2.05) is 47.5 Å². The average Bonchev–Trinajstić information content (AvgIpc) is 3.12. The van der Waals surface area contributed by atoms with Gasteiger partial charge in [-0.25, -0.2) is 4.98 Å². The lowest BCUT2D eigenvalue weighted by Crippen LogP contribution is -2.31. The van der Waals surface area contributed by atoms with Gasteiger partial charge in [0.15, 0.2) is 0 Å². The molecule has 4 heteroatoms. The topological polar surface area (TPSA) is 45.2 Å². The third-order valence-corrected chi connectivity index (χ3v) is 4.56.